The van der Waals surface area contributed by atoms with Crippen LogP contribution in [0.15, 0.2) is 29.2 Å². The van der Waals surface area contributed by atoms with Crippen molar-refractivity contribution in [1.29, 1.82) is 0 Å². The molecule has 1 saturated carbocycles. The van der Waals surface area contributed by atoms with E-state index >= 15 is 0 Å². The largest absolute Gasteiger partial charge is 2.00 e. The number of benzene rings is 1. The average Bonchev–Trinajstić information content (AvgIpc) is 3.18. The smallest absolute Gasteiger partial charge is 0.252 e. The zero-order valence-electron chi connectivity index (χ0n) is 15.7. The Labute approximate surface area is 167 Å². The first kappa shape index (κ1) is 22.9. The summed E-state index contributed by atoms with van der Waals surface area (Å²) >= 11 is 0. The predicted octanol–water partition coefficient (Wildman–Crippen LogP) is 4.75. The molecule has 25 heavy (non-hydrogen) atoms. The molecular formula is C21H25FeNOS+2. The number of hydrogen-bond acceptors (Lipinski definition) is 1. The van der Waals surface area contributed by atoms with Gasteiger partial charge in [0.15, 0.2) is 5.37 Å². The van der Waals surface area contributed by atoms with Gasteiger partial charge < -0.3 is 0 Å². The van der Waals surface area contributed by atoms with Gasteiger partial charge >= 0.3 is 17.1 Å². The van der Waals surface area contributed by atoms with Gasteiger partial charge in [0.2, 0.25) is 0 Å². The van der Waals surface area contributed by atoms with Gasteiger partial charge in [-0.15, -0.1) is 0 Å². The Hall–Kier alpha value is -0.151. The molecule has 1 aromatic carbocycles. The molecule has 0 spiro atoms. The van der Waals surface area contributed by atoms with Gasteiger partial charge in [-0.3, -0.25) is 4.21 Å². The molecule has 2 aliphatic rings. The summed E-state index contributed by atoms with van der Waals surface area (Å²) in [5.74, 6) is 7.34. The van der Waals surface area contributed by atoms with Crippen molar-refractivity contribution < 1.29 is 21.3 Å². The summed E-state index contributed by atoms with van der Waals surface area (Å²) in [6.45, 7) is 14.7. The molecule has 2 fully saturated rings. The second kappa shape index (κ2) is 10.3. The van der Waals surface area contributed by atoms with Crippen molar-refractivity contribution in [2.75, 3.05) is 0 Å². The van der Waals surface area contributed by atoms with E-state index in [1.807, 2.05) is 31.2 Å². The second-order valence-corrected chi connectivity index (χ2v) is 7.61. The van der Waals surface area contributed by atoms with Crippen molar-refractivity contribution in [2.45, 2.75) is 46.4 Å². The standard InChI is InChI=1S/C11H10NOS.C10H15.Fe/c1-9-4-6-10(7-5-9)14(13)11-3-2-8-12-11;1-6-7(2)9(4)10(5)8(6)3;/h2-8H,1H3;1-5H3;/q;;+2/t14-;;/m0../s1. The maximum Gasteiger partial charge on any atom is 2.00 e. The van der Waals surface area contributed by atoms with E-state index in [1.54, 1.807) is 19.4 Å². The monoisotopic (exact) mass is 395 g/mol. The quantitative estimate of drug-likeness (QED) is 0.665. The van der Waals surface area contributed by atoms with E-state index in [0.717, 1.165) is 4.90 Å². The molecule has 10 radical (unpaired) electrons. The minimum atomic E-state index is -1.14. The van der Waals surface area contributed by atoms with Crippen molar-refractivity contribution in [3.8, 4) is 0 Å². The molecule has 3 rings (SSSR count). The van der Waals surface area contributed by atoms with Gasteiger partial charge in [0, 0.05) is 17.9 Å². The van der Waals surface area contributed by atoms with Gasteiger partial charge in [0.1, 0.15) is 0 Å². The van der Waals surface area contributed by atoms with Gasteiger partial charge in [0.25, 0.3) is 0 Å². The number of nitrogens with zero attached hydrogens (tertiary/aromatic N) is 1. The van der Waals surface area contributed by atoms with E-state index in [9.17, 15) is 4.21 Å². The second-order valence-electron chi connectivity index (χ2n) is 6.18. The normalized spacial score (nSPS) is 22.5. The summed E-state index contributed by atoms with van der Waals surface area (Å²) in [6, 6.07) is 7.66. The Morgan fingerprint density at radius 3 is 1.56 bits per heavy atom. The summed E-state index contributed by atoms with van der Waals surface area (Å²) in [6.07, 6.45) is 3.57. The first-order valence-electron chi connectivity index (χ1n) is 8.08. The minimum Gasteiger partial charge on any atom is -0.252 e. The van der Waals surface area contributed by atoms with Crippen molar-refractivity contribution in [3.63, 3.8) is 0 Å². The Morgan fingerprint density at radius 1 is 0.760 bits per heavy atom. The van der Waals surface area contributed by atoms with Crippen LogP contribution in [0.2, 0.25) is 0 Å². The van der Waals surface area contributed by atoms with Crippen LogP contribution in [0.4, 0.5) is 0 Å². The van der Waals surface area contributed by atoms with E-state index in [2.05, 4.69) is 39.9 Å². The van der Waals surface area contributed by atoms with Crippen LogP contribution in [0.3, 0.4) is 0 Å². The fourth-order valence-corrected chi connectivity index (χ4v) is 3.57. The maximum absolute atomic E-state index is 11.9. The van der Waals surface area contributed by atoms with Gasteiger partial charge in [-0.1, -0.05) is 52.3 Å². The summed E-state index contributed by atoms with van der Waals surface area (Å²) in [4.78, 5) is 0.800. The topological polar surface area (TPSA) is 31.2 Å². The number of rotatable bonds is 2. The summed E-state index contributed by atoms with van der Waals surface area (Å²) < 4.78 is 11.9. The van der Waals surface area contributed by atoms with Crippen LogP contribution in [0.5, 0.6) is 0 Å². The van der Waals surface area contributed by atoms with Crippen LogP contribution in [0.1, 0.15) is 40.2 Å². The van der Waals surface area contributed by atoms with Crippen molar-refractivity contribution >= 4 is 10.8 Å². The minimum absolute atomic E-state index is 0. The molecule has 1 atom stereocenters. The van der Waals surface area contributed by atoms with E-state index in [4.69, 9.17) is 0 Å². The van der Waals surface area contributed by atoms with E-state index < -0.39 is 10.8 Å². The first-order valence-corrected chi connectivity index (χ1v) is 9.23. The van der Waals surface area contributed by atoms with E-state index in [1.165, 1.54) is 35.2 Å². The molecule has 1 aromatic rings. The molecular weight excluding hydrogens is 370 g/mol. The Bertz CT molecular complexity index is 497. The predicted molar refractivity (Wildman–Crippen MR) is 100 cm³/mol. The molecule has 1 saturated heterocycles. The molecule has 0 bridgehead atoms. The van der Waals surface area contributed by atoms with Crippen LogP contribution < -0.4 is 5.32 Å². The molecule has 4 heteroatoms. The van der Waals surface area contributed by atoms with Crippen molar-refractivity contribution in [3.05, 3.63) is 84.2 Å². The van der Waals surface area contributed by atoms with Crippen LogP contribution in [-0.4, -0.2) is 4.21 Å². The fraction of sp³-hybridized carbons (Fsp3) is 0.286. The molecule has 1 heterocycles. The molecule has 0 amide bonds. The average molecular weight is 395 g/mol. The molecule has 0 unspecified atom stereocenters. The molecule has 132 valence electrons. The zero-order chi connectivity index (χ0) is 17.9. The van der Waals surface area contributed by atoms with E-state index in [-0.39, 0.29) is 17.1 Å². The van der Waals surface area contributed by atoms with E-state index in [0.29, 0.717) is 5.37 Å². The number of hydrogen-bond donors (Lipinski definition) is 0. The first-order chi connectivity index (χ1) is 11.3. The summed E-state index contributed by atoms with van der Waals surface area (Å²) in [5, 5.41) is 4.63. The summed E-state index contributed by atoms with van der Waals surface area (Å²) in [7, 11) is -1.14. The van der Waals surface area contributed by atoms with Gasteiger partial charge in [-0.05, 0) is 55.1 Å². The Kier molecular flexibility index (Phi) is 9.39. The maximum atomic E-state index is 11.9. The van der Waals surface area contributed by atoms with Gasteiger partial charge in [-0.2, -0.15) is 0 Å². The molecule has 1 aliphatic heterocycles. The zero-order valence-corrected chi connectivity index (χ0v) is 17.6. The Balaban J connectivity index is 0.000000254. The molecule has 0 aromatic heterocycles. The SMILES string of the molecule is C[C]1[C](C)[C](C)[C](C)[C]1C.Cc1ccc([S@](=O)[C]2[CH][CH][CH][N]2)cc1.[Fe+2]. The summed E-state index contributed by atoms with van der Waals surface area (Å²) in [5.41, 5.74) is 1.17. The van der Waals surface area contributed by atoms with Crippen LogP contribution in [-0.2, 0) is 27.9 Å². The number of aryl methyl sites for hydroxylation is 1. The molecule has 1 aliphatic carbocycles. The van der Waals surface area contributed by atoms with Crippen molar-refractivity contribution in [1.82, 2.24) is 5.32 Å². The van der Waals surface area contributed by atoms with Gasteiger partial charge in [0.05, 0.1) is 10.8 Å². The molecule has 2 nitrogen and oxygen atoms in total. The van der Waals surface area contributed by atoms with Crippen LogP contribution >= 0.6 is 0 Å². The van der Waals surface area contributed by atoms with Crippen LogP contribution in [0.25, 0.3) is 0 Å². The third-order valence-electron chi connectivity index (χ3n) is 4.76. The third kappa shape index (κ3) is 5.66. The fourth-order valence-electron chi connectivity index (χ4n) is 2.58. The van der Waals surface area contributed by atoms with Crippen molar-refractivity contribution in [2.24, 2.45) is 0 Å². The Morgan fingerprint density at radius 2 is 1.20 bits per heavy atom. The molecule has 0 N–H and O–H groups in total. The van der Waals surface area contributed by atoms with Gasteiger partial charge in [-0.25, -0.2) is 5.32 Å². The van der Waals surface area contributed by atoms with Crippen LogP contribution in [0, 0.1) is 61.3 Å². The third-order valence-corrected chi connectivity index (χ3v) is 6.09.